The van der Waals surface area contributed by atoms with Gasteiger partial charge in [0.2, 0.25) is 11.0 Å². The average molecular weight is 424 g/mol. The van der Waals surface area contributed by atoms with E-state index in [0.717, 1.165) is 28.3 Å². The smallest absolute Gasteiger partial charge is 0.233 e. The summed E-state index contributed by atoms with van der Waals surface area (Å²) in [7, 11) is 1.62. The number of amides is 1. The fraction of sp³-hybridized carbons (Fsp3) is 0.375. The van der Waals surface area contributed by atoms with Gasteiger partial charge in [-0.2, -0.15) is 0 Å². The number of benzene rings is 2. The molecule has 0 unspecified atom stereocenters. The molecular weight excluding hydrogens is 394 g/mol. The summed E-state index contributed by atoms with van der Waals surface area (Å²) in [6, 6.07) is 16.0. The van der Waals surface area contributed by atoms with Crippen LogP contribution in [0.5, 0.6) is 5.75 Å². The van der Waals surface area contributed by atoms with Crippen LogP contribution >= 0.6 is 11.3 Å². The number of methoxy groups -OCH3 is 1. The minimum atomic E-state index is -0.00729. The molecule has 0 aliphatic rings. The molecule has 0 bridgehead atoms. The molecule has 3 rings (SSSR count). The highest BCUT2D eigenvalue weighted by atomic mass is 32.1. The Morgan fingerprint density at radius 1 is 1.07 bits per heavy atom. The number of nitrogens with zero attached hydrogens (tertiary/aromatic N) is 3. The number of hydrogen-bond acceptors (Lipinski definition) is 5. The monoisotopic (exact) mass is 423 g/mol. The molecule has 3 aromatic rings. The minimum Gasteiger partial charge on any atom is -0.496 e. The van der Waals surface area contributed by atoms with E-state index in [1.165, 1.54) is 16.9 Å². The summed E-state index contributed by atoms with van der Waals surface area (Å²) in [6.45, 7) is 9.24. The van der Waals surface area contributed by atoms with E-state index in [0.29, 0.717) is 11.7 Å². The normalized spacial score (nSPS) is 11.4. The largest absolute Gasteiger partial charge is 0.496 e. The van der Waals surface area contributed by atoms with Crippen molar-refractivity contribution >= 4 is 22.4 Å². The van der Waals surface area contributed by atoms with Gasteiger partial charge in [0.15, 0.2) is 0 Å². The maximum absolute atomic E-state index is 13.1. The quantitative estimate of drug-likeness (QED) is 0.504. The summed E-state index contributed by atoms with van der Waals surface area (Å²) >= 11 is 1.45. The van der Waals surface area contributed by atoms with Crippen molar-refractivity contribution in [2.75, 3.05) is 18.6 Å². The summed E-state index contributed by atoms with van der Waals surface area (Å²) in [5.74, 6) is 0.714. The molecule has 1 heterocycles. The Morgan fingerprint density at radius 2 is 1.77 bits per heavy atom. The standard InChI is InChI=1S/C24H29N3O2S/c1-6-15-27(21(28)16-18-9-7-8-10-20(18)29-5)23-26-25-22(30-23)17-11-13-19(14-12-17)24(2,3)4/h7-14H,6,15-16H2,1-5H3. The molecule has 0 spiro atoms. The van der Waals surface area contributed by atoms with Crippen LogP contribution in [0.1, 0.15) is 45.2 Å². The van der Waals surface area contributed by atoms with Crippen molar-refractivity contribution in [3.05, 3.63) is 59.7 Å². The first-order chi connectivity index (χ1) is 14.3. The maximum Gasteiger partial charge on any atom is 0.233 e. The van der Waals surface area contributed by atoms with Crippen molar-refractivity contribution < 1.29 is 9.53 Å². The molecule has 0 saturated heterocycles. The average Bonchev–Trinajstić information content (AvgIpc) is 3.21. The first kappa shape index (κ1) is 22.0. The van der Waals surface area contributed by atoms with Gasteiger partial charge < -0.3 is 4.74 Å². The number of carbonyl (C=O) groups excluding carboxylic acids is 1. The van der Waals surface area contributed by atoms with Gasteiger partial charge in [0.1, 0.15) is 10.8 Å². The van der Waals surface area contributed by atoms with Crippen LogP contribution in [0.15, 0.2) is 48.5 Å². The molecule has 2 aromatic carbocycles. The van der Waals surface area contributed by atoms with Crippen molar-refractivity contribution in [1.29, 1.82) is 0 Å². The molecule has 0 radical (unpaired) electrons. The van der Waals surface area contributed by atoms with Crippen LogP contribution in [0.3, 0.4) is 0 Å². The fourth-order valence-electron chi connectivity index (χ4n) is 3.21. The van der Waals surface area contributed by atoms with Crippen molar-refractivity contribution in [2.24, 2.45) is 0 Å². The maximum atomic E-state index is 13.1. The number of carbonyl (C=O) groups is 1. The number of rotatable bonds is 7. The van der Waals surface area contributed by atoms with Crippen LogP contribution in [-0.2, 0) is 16.6 Å². The molecule has 1 amide bonds. The van der Waals surface area contributed by atoms with Crippen LogP contribution in [-0.4, -0.2) is 29.8 Å². The Kier molecular flexibility index (Phi) is 6.87. The molecule has 5 nitrogen and oxygen atoms in total. The van der Waals surface area contributed by atoms with Gasteiger partial charge in [0, 0.05) is 17.7 Å². The molecule has 30 heavy (non-hydrogen) atoms. The van der Waals surface area contributed by atoms with Gasteiger partial charge in [-0.05, 0) is 23.5 Å². The minimum absolute atomic E-state index is 0.00729. The summed E-state index contributed by atoms with van der Waals surface area (Å²) in [5.41, 5.74) is 3.26. The van der Waals surface area contributed by atoms with Gasteiger partial charge in [-0.15, -0.1) is 10.2 Å². The first-order valence-electron chi connectivity index (χ1n) is 10.2. The van der Waals surface area contributed by atoms with Gasteiger partial charge >= 0.3 is 0 Å². The highest BCUT2D eigenvalue weighted by Gasteiger charge is 2.21. The molecule has 0 aliphatic carbocycles. The Morgan fingerprint density at radius 3 is 2.40 bits per heavy atom. The Hall–Kier alpha value is -2.73. The van der Waals surface area contributed by atoms with Crippen LogP contribution in [0.25, 0.3) is 10.6 Å². The number of hydrogen-bond donors (Lipinski definition) is 0. The number of para-hydroxylation sites is 1. The first-order valence-corrected chi connectivity index (χ1v) is 11.0. The second-order valence-corrected chi connectivity index (χ2v) is 9.21. The number of aromatic nitrogens is 2. The molecular formula is C24H29N3O2S. The second-order valence-electron chi connectivity index (χ2n) is 8.25. The van der Waals surface area contributed by atoms with Gasteiger partial charge in [-0.1, -0.05) is 81.5 Å². The third-order valence-corrected chi connectivity index (χ3v) is 5.92. The lowest BCUT2D eigenvalue weighted by Gasteiger charge is -2.19. The SMILES string of the molecule is CCCN(C(=O)Cc1ccccc1OC)c1nnc(-c2ccc(C(C)(C)C)cc2)s1. The van der Waals surface area contributed by atoms with E-state index in [1.54, 1.807) is 12.0 Å². The highest BCUT2D eigenvalue weighted by Crippen LogP contribution is 2.31. The lowest BCUT2D eigenvalue weighted by Crippen LogP contribution is -2.33. The van der Waals surface area contributed by atoms with Crippen LogP contribution in [0.4, 0.5) is 5.13 Å². The zero-order chi connectivity index (χ0) is 21.7. The summed E-state index contributed by atoms with van der Waals surface area (Å²) in [5, 5.41) is 10.1. The highest BCUT2D eigenvalue weighted by molar-refractivity contribution is 7.18. The van der Waals surface area contributed by atoms with Crippen LogP contribution < -0.4 is 9.64 Å². The lowest BCUT2D eigenvalue weighted by molar-refractivity contribution is -0.118. The fourth-order valence-corrected chi connectivity index (χ4v) is 4.11. The van der Waals surface area contributed by atoms with Crippen LogP contribution in [0.2, 0.25) is 0 Å². The molecule has 0 aliphatic heterocycles. The van der Waals surface area contributed by atoms with Gasteiger partial charge in [0.25, 0.3) is 0 Å². The lowest BCUT2D eigenvalue weighted by atomic mass is 9.87. The van der Waals surface area contributed by atoms with Crippen LogP contribution in [0, 0.1) is 0 Å². The summed E-state index contributed by atoms with van der Waals surface area (Å²) in [6.07, 6.45) is 1.10. The van der Waals surface area contributed by atoms with E-state index in [4.69, 9.17) is 4.74 Å². The molecule has 158 valence electrons. The third kappa shape index (κ3) is 5.05. The summed E-state index contributed by atoms with van der Waals surface area (Å²) in [4.78, 5) is 14.8. The number of ether oxygens (including phenoxy) is 1. The molecule has 6 heteroatoms. The zero-order valence-corrected chi connectivity index (χ0v) is 19.1. The molecule has 0 atom stereocenters. The Balaban J connectivity index is 1.82. The molecule has 0 N–H and O–H groups in total. The van der Waals surface area contributed by atoms with Crippen molar-refractivity contribution in [1.82, 2.24) is 10.2 Å². The van der Waals surface area contributed by atoms with Crippen molar-refractivity contribution in [2.45, 2.75) is 46.0 Å². The predicted molar refractivity (Wildman–Crippen MR) is 123 cm³/mol. The molecule has 0 fully saturated rings. The van der Waals surface area contributed by atoms with E-state index in [9.17, 15) is 4.79 Å². The third-order valence-electron chi connectivity index (χ3n) is 4.93. The van der Waals surface area contributed by atoms with E-state index in [2.05, 4.69) is 62.2 Å². The molecule has 0 saturated carbocycles. The Bertz CT molecular complexity index is 990. The van der Waals surface area contributed by atoms with Gasteiger partial charge in [0.05, 0.1) is 13.5 Å². The van der Waals surface area contributed by atoms with Gasteiger partial charge in [-0.3, -0.25) is 9.69 Å². The predicted octanol–water partition coefficient (Wildman–Crippen LogP) is 5.50. The van der Waals surface area contributed by atoms with Crippen molar-refractivity contribution in [3.8, 4) is 16.3 Å². The second kappa shape index (κ2) is 9.39. The van der Waals surface area contributed by atoms with Crippen molar-refractivity contribution in [3.63, 3.8) is 0 Å². The zero-order valence-electron chi connectivity index (χ0n) is 18.3. The molecule has 1 aromatic heterocycles. The summed E-state index contributed by atoms with van der Waals surface area (Å²) < 4.78 is 5.39. The topological polar surface area (TPSA) is 55.3 Å². The van der Waals surface area contributed by atoms with E-state index in [-0.39, 0.29) is 17.7 Å². The van der Waals surface area contributed by atoms with E-state index in [1.807, 2.05) is 24.3 Å². The van der Waals surface area contributed by atoms with E-state index < -0.39 is 0 Å². The Labute approximate surface area is 182 Å². The number of anilines is 1. The van der Waals surface area contributed by atoms with E-state index >= 15 is 0 Å². The van der Waals surface area contributed by atoms with Gasteiger partial charge in [-0.25, -0.2) is 0 Å².